The standard InChI is InChI=1S/C46H87O7P.C33H62NO7P/c1-6-8-10-12-14-16-18-20-22-24-26-28-30-32-34-38-45(47)50-41-44(42-52-54(5,49)51-40-36-37-43(3)4)53-46(48)39-35-33-31-29-27-25-23-21-19-17-15-13-11-9-7-2;1-6-8-10-11-12-13-14-15-16-17-18-19-20-21-23-25-33(36)41-31(28-38-32(35)24-22-9-7-2)29-40-42(5,37)39-27-26-34-30(3)4/h20-23,43-44H,6-19,24-42H2,1-5H3;9,15-16,22,30-31,34H,6-8,10-14,17-21,23-29H2,1-5H3/b22-20-,23-21-;16-15-,22-9-. The van der Waals surface area contributed by atoms with Crippen LogP contribution in [-0.2, 0) is 65.4 Å². The maximum atomic E-state index is 12.9. The van der Waals surface area contributed by atoms with Gasteiger partial charge in [0.05, 0.1) is 32.8 Å². The van der Waals surface area contributed by atoms with Crippen molar-refractivity contribution in [3.63, 3.8) is 0 Å². The molecule has 0 spiro atoms. The summed E-state index contributed by atoms with van der Waals surface area (Å²) in [5.74, 6) is -0.920. The van der Waals surface area contributed by atoms with Gasteiger partial charge in [-0.3, -0.25) is 28.3 Å². The molecule has 0 rings (SSSR count). The molecule has 4 unspecified atom stereocenters. The third-order valence-corrected chi connectivity index (χ3v) is 18.8. The molecule has 15 nitrogen and oxygen atoms in total. The van der Waals surface area contributed by atoms with Gasteiger partial charge < -0.3 is 42.4 Å². The van der Waals surface area contributed by atoms with Crippen LogP contribution in [0.1, 0.15) is 351 Å². The Kier molecular flexibility index (Phi) is 71.3. The fraction of sp³-hybridized carbons (Fsp3) is 0.848. The lowest BCUT2D eigenvalue weighted by atomic mass is 10.1. The second-order valence-corrected chi connectivity index (χ2v) is 31.2. The van der Waals surface area contributed by atoms with Crippen LogP contribution in [0.15, 0.2) is 48.6 Å². The lowest BCUT2D eigenvalue weighted by Gasteiger charge is -2.21. The van der Waals surface area contributed by atoms with Crippen LogP contribution in [0.3, 0.4) is 0 Å². The number of hydrogen-bond acceptors (Lipinski definition) is 15. The van der Waals surface area contributed by atoms with Crippen molar-refractivity contribution >= 4 is 39.1 Å². The van der Waals surface area contributed by atoms with Crippen LogP contribution < -0.4 is 5.32 Å². The Morgan fingerprint density at radius 1 is 0.354 bits per heavy atom. The molecule has 0 aromatic heterocycles. The van der Waals surface area contributed by atoms with Gasteiger partial charge in [-0.05, 0) is 121 Å². The van der Waals surface area contributed by atoms with Crippen LogP contribution in [-0.4, -0.2) is 102 Å². The Bertz CT molecular complexity index is 1990. The third kappa shape index (κ3) is 75.3. The number of rotatable bonds is 70. The Balaban J connectivity index is 0. The topological polar surface area (TPSA) is 188 Å². The first-order chi connectivity index (χ1) is 46.4. The van der Waals surface area contributed by atoms with E-state index in [1.165, 1.54) is 174 Å². The average Bonchev–Trinajstić information content (AvgIpc) is 2.53. The van der Waals surface area contributed by atoms with Gasteiger partial charge in [-0.25, -0.2) is 0 Å². The van der Waals surface area contributed by atoms with Crippen LogP contribution in [0.4, 0.5) is 0 Å². The summed E-state index contributed by atoms with van der Waals surface area (Å²) in [4.78, 5) is 49.8. The van der Waals surface area contributed by atoms with Gasteiger partial charge in [0.25, 0.3) is 0 Å². The Morgan fingerprint density at radius 2 is 0.677 bits per heavy atom. The molecule has 564 valence electrons. The Labute approximate surface area is 589 Å². The van der Waals surface area contributed by atoms with E-state index in [2.05, 4.69) is 76.4 Å². The highest BCUT2D eigenvalue weighted by Gasteiger charge is 2.26. The van der Waals surface area contributed by atoms with Crippen molar-refractivity contribution in [1.82, 2.24) is 5.32 Å². The minimum Gasteiger partial charge on any atom is -0.462 e. The monoisotopic (exact) mass is 1400 g/mol. The van der Waals surface area contributed by atoms with Gasteiger partial charge in [-0.15, -0.1) is 0 Å². The van der Waals surface area contributed by atoms with E-state index in [1.54, 1.807) is 6.08 Å². The summed E-state index contributed by atoms with van der Waals surface area (Å²) in [7, 11) is -6.70. The summed E-state index contributed by atoms with van der Waals surface area (Å²) < 4.78 is 69.6. The average molecular weight is 1400 g/mol. The van der Waals surface area contributed by atoms with Gasteiger partial charge >= 0.3 is 39.1 Å². The van der Waals surface area contributed by atoms with Crippen molar-refractivity contribution in [2.24, 2.45) is 5.92 Å². The van der Waals surface area contributed by atoms with Crippen LogP contribution in [0, 0.1) is 5.92 Å². The van der Waals surface area contributed by atoms with Crippen LogP contribution in [0.25, 0.3) is 0 Å². The quantitative estimate of drug-likeness (QED) is 0.0199. The molecule has 0 amide bonds. The fourth-order valence-corrected chi connectivity index (χ4v) is 12.3. The van der Waals surface area contributed by atoms with Crippen molar-refractivity contribution in [1.29, 1.82) is 0 Å². The summed E-state index contributed by atoms with van der Waals surface area (Å²) in [5.41, 5.74) is 0. The molecule has 0 radical (unpaired) electrons. The number of carbonyl (C=O) groups excluding carboxylic acids is 4. The van der Waals surface area contributed by atoms with Gasteiger partial charge in [0.1, 0.15) is 13.2 Å². The zero-order chi connectivity index (χ0) is 71.1. The summed E-state index contributed by atoms with van der Waals surface area (Å²) >= 11 is 0. The number of unbranched alkanes of at least 4 members (excludes halogenated alkanes) is 33. The van der Waals surface area contributed by atoms with Gasteiger partial charge in [0.15, 0.2) is 12.2 Å². The molecule has 0 aromatic rings. The lowest BCUT2D eigenvalue weighted by molar-refractivity contribution is -0.161. The molecule has 0 fully saturated rings. The van der Waals surface area contributed by atoms with Crippen molar-refractivity contribution in [2.75, 3.05) is 59.5 Å². The lowest BCUT2D eigenvalue weighted by Crippen LogP contribution is -2.30. The molecule has 17 heteroatoms. The van der Waals surface area contributed by atoms with E-state index >= 15 is 0 Å². The zero-order valence-corrected chi connectivity index (χ0v) is 65.3. The summed E-state index contributed by atoms with van der Waals surface area (Å²) in [6.07, 6.45) is 66.1. The number of hydrogen-bond donors (Lipinski definition) is 1. The summed E-state index contributed by atoms with van der Waals surface area (Å²) in [6, 6.07) is 0.290. The van der Waals surface area contributed by atoms with E-state index in [9.17, 15) is 28.3 Å². The van der Waals surface area contributed by atoms with E-state index in [0.717, 1.165) is 109 Å². The second-order valence-electron chi connectivity index (χ2n) is 27.1. The molecule has 0 saturated carbocycles. The van der Waals surface area contributed by atoms with Gasteiger partial charge in [0.2, 0.25) is 0 Å². The van der Waals surface area contributed by atoms with Gasteiger partial charge in [-0.2, -0.15) is 0 Å². The highest BCUT2D eigenvalue weighted by Crippen LogP contribution is 2.45. The normalized spacial score (nSPS) is 13.8. The highest BCUT2D eigenvalue weighted by molar-refractivity contribution is 7.53. The zero-order valence-electron chi connectivity index (χ0n) is 63.5. The first-order valence-corrected chi connectivity index (χ1v) is 43.1. The van der Waals surface area contributed by atoms with E-state index < -0.39 is 33.4 Å². The molecule has 0 bridgehead atoms. The van der Waals surface area contributed by atoms with Crippen molar-refractivity contribution in [3.05, 3.63) is 48.6 Å². The second kappa shape index (κ2) is 71.9. The maximum absolute atomic E-state index is 12.9. The molecule has 0 aromatic carbocycles. The molecule has 0 aliphatic rings. The van der Waals surface area contributed by atoms with Crippen molar-refractivity contribution in [3.8, 4) is 0 Å². The van der Waals surface area contributed by atoms with Crippen LogP contribution >= 0.6 is 15.2 Å². The van der Waals surface area contributed by atoms with Crippen molar-refractivity contribution < 1.29 is 65.4 Å². The fourth-order valence-electron chi connectivity index (χ4n) is 10.4. The maximum Gasteiger partial charge on any atom is 0.327 e. The molecule has 96 heavy (non-hydrogen) atoms. The Hall–Kier alpha value is -2.90. The highest BCUT2D eigenvalue weighted by atomic mass is 31.2. The molecule has 1 N–H and O–H groups in total. The van der Waals surface area contributed by atoms with Crippen molar-refractivity contribution in [2.45, 2.75) is 369 Å². The number of nitrogens with one attached hydrogen (secondary N) is 1. The number of esters is 4. The first kappa shape index (κ1) is 95.2. The molecule has 0 saturated heterocycles. The predicted octanol–water partition coefficient (Wildman–Crippen LogP) is 23.5. The van der Waals surface area contributed by atoms with E-state index in [4.69, 9.17) is 37.0 Å². The van der Waals surface area contributed by atoms with Gasteiger partial charge in [0, 0.05) is 45.2 Å². The molecular formula is C79H149NO14P2. The molecule has 0 aliphatic heterocycles. The third-order valence-electron chi connectivity index (χ3n) is 16.3. The van der Waals surface area contributed by atoms with E-state index in [-0.39, 0.29) is 69.8 Å². The Morgan fingerprint density at radius 3 is 1.02 bits per heavy atom. The van der Waals surface area contributed by atoms with E-state index in [0.29, 0.717) is 31.9 Å². The largest absolute Gasteiger partial charge is 0.462 e. The number of carbonyl (C=O) groups is 4. The van der Waals surface area contributed by atoms with E-state index in [1.807, 2.05) is 26.8 Å². The van der Waals surface area contributed by atoms with Crippen LogP contribution in [0.5, 0.6) is 0 Å². The predicted molar refractivity (Wildman–Crippen MR) is 402 cm³/mol. The number of ether oxygens (including phenoxy) is 4. The molecular weight excluding hydrogens is 1250 g/mol. The first-order valence-electron chi connectivity index (χ1n) is 39.2. The molecule has 0 heterocycles. The van der Waals surface area contributed by atoms with Gasteiger partial charge in [-0.1, -0.05) is 258 Å². The number of allylic oxidation sites excluding steroid dienone is 7. The summed E-state index contributed by atoms with van der Waals surface area (Å²) in [5, 5.41) is 3.18. The summed E-state index contributed by atoms with van der Waals surface area (Å²) in [6.45, 7) is 20.4. The smallest absolute Gasteiger partial charge is 0.327 e. The minimum absolute atomic E-state index is 0.116. The molecule has 4 atom stereocenters. The SMILES string of the molecule is CC/C=C\CC(=O)OCC(COP(C)(=O)OCCNC(C)C)OC(=O)CCCCCCC/C=C\CCCCCCCC.CCCCCCCC/C=C\CCCCCCCC(=O)OCC(COP(C)(=O)OCCCC(C)C)OC(=O)CCCCCCC/C=C\CCCCCCCC. The molecule has 0 aliphatic carbocycles. The van der Waals surface area contributed by atoms with Crippen LogP contribution in [0.2, 0.25) is 0 Å². The minimum atomic E-state index is -3.36.